The Labute approximate surface area is 182 Å². The summed E-state index contributed by atoms with van der Waals surface area (Å²) in [6, 6.07) is 13.5. The summed E-state index contributed by atoms with van der Waals surface area (Å²) in [5.41, 5.74) is 9.64. The van der Waals surface area contributed by atoms with E-state index in [9.17, 15) is 0 Å². The molecule has 152 valence electrons. The fourth-order valence-corrected chi connectivity index (χ4v) is 4.00. The summed E-state index contributed by atoms with van der Waals surface area (Å²) >= 11 is 7.53. The van der Waals surface area contributed by atoms with E-state index in [2.05, 4.69) is 15.3 Å². The first-order valence-electron chi connectivity index (χ1n) is 9.32. The zero-order chi connectivity index (χ0) is 20.7. The molecule has 0 amide bonds. The highest BCUT2D eigenvalue weighted by Crippen LogP contribution is 2.40. The standard InChI is InChI=1S/C21H18ClN5O2S/c1-30-21-26-19(23)18-20(27-21)25-14(11-2-5-13(22)6-3-11)9-15(24-18)12-4-7-16-17(8-12)29-10-28-16/h2-8,14H,9-10H2,1H3,(H3,23,25,26,27). The van der Waals surface area contributed by atoms with Crippen molar-refractivity contribution in [3.63, 3.8) is 0 Å². The predicted octanol–water partition coefficient (Wildman–Crippen LogP) is 4.84. The van der Waals surface area contributed by atoms with Crippen molar-refractivity contribution >= 4 is 46.4 Å². The number of hydrogen-bond donors (Lipinski definition) is 2. The lowest BCUT2D eigenvalue weighted by Gasteiger charge is -2.19. The van der Waals surface area contributed by atoms with Crippen LogP contribution in [0.4, 0.5) is 17.3 Å². The first-order valence-corrected chi connectivity index (χ1v) is 10.9. The van der Waals surface area contributed by atoms with Crippen LogP contribution in [0.5, 0.6) is 11.5 Å². The number of anilines is 2. The van der Waals surface area contributed by atoms with Crippen LogP contribution in [0.25, 0.3) is 0 Å². The van der Waals surface area contributed by atoms with E-state index in [-0.39, 0.29) is 12.8 Å². The van der Waals surface area contributed by atoms with Gasteiger partial charge in [-0.3, -0.25) is 0 Å². The van der Waals surface area contributed by atoms with Crippen LogP contribution in [0, 0.1) is 0 Å². The average molecular weight is 440 g/mol. The fourth-order valence-electron chi connectivity index (χ4n) is 3.50. The van der Waals surface area contributed by atoms with Crippen molar-refractivity contribution in [2.45, 2.75) is 17.6 Å². The smallest absolute Gasteiger partial charge is 0.231 e. The third kappa shape index (κ3) is 3.53. The number of halogens is 1. The van der Waals surface area contributed by atoms with Gasteiger partial charge in [0.2, 0.25) is 6.79 Å². The number of hydrogen-bond acceptors (Lipinski definition) is 8. The van der Waals surface area contributed by atoms with Gasteiger partial charge < -0.3 is 20.5 Å². The summed E-state index contributed by atoms with van der Waals surface area (Å²) < 4.78 is 11.0. The first-order chi connectivity index (χ1) is 14.6. The predicted molar refractivity (Wildman–Crippen MR) is 119 cm³/mol. The minimum atomic E-state index is -0.0725. The van der Waals surface area contributed by atoms with E-state index in [4.69, 9.17) is 31.8 Å². The molecule has 0 saturated heterocycles. The molecule has 30 heavy (non-hydrogen) atoms. The van der Waals surface area contributed by atoms with Crippen molar-refractivity contribution in [2.24, 2.45) is 4.99 Å². The molecule has 2 aliphatic rings. The van der Waals surface area contributed by atoms with E-state index >= 15 is 0 Å². The van der Waals surface area contributed by atoms with Crippen LogP contribution < -0.4 is 20.5 Å². The number of aromatic nitrogens is 2. The van der Waals surface area contributed by atoms with Crippen molar-refractivity contribution < 1.29 is 9.47 Å². The third-order valence-electron chi connectivity index (χ3n) is 5.01. The second-order valence-electron chi connectivity index (χ2n) is 6.87. The highest BCUT2D eigenvalue weighted by Gasteiger charge is 2.25. The summed E-state index contributed by atoms with van der Waals surface area (Å²) in [5.74, 6) is 2.39. The number of nitrogens with zero attached hydrogens (tertiary/aromatic N) is 3. The van der Waals surface area contributed by atoms with E-state index < -0.39 is 0 Å². The normalized spacial score (nSPS) is 17.0. The van der Waals surface area contributed by atoms with Crippen LogP contribution in [0.2, 0.25) is 5.02 Å². The molecule has 2 aromatic carbocycles. The van der Waals surface area contributed by atoms with Crippen LogP contribution in [-0.2, 0) is 0 Å². The molecule has 3 heterocycles. The molecule has 0 saturated carbocycles. The maximum atomic E-state index is 6.25. The molecule has 7 nitrogen and oxygen atoms in total. The van der Waals surface area contributed by atoms with Crippen LogP contribution in [0.1, 0.15) is 23.6 Å². The molecule has 3 N–H and O–H groups in total. The van der Waals surface area contributed by atoms with E-state index in [1.165, 1.54) is 11.8 Å². The van der Waals surface area contributed by atoms with Gasteiger partial charge in [0.05, 0.1) is 11.8 Å². The topological polar surface area (TPSA) is 94.7 Å². The molecule has 0 radical (unpaired) electrons. The number of fused-ring (bicyclic) bond motifs is 2. The Hall–Kier alpha value is -2.97. The second kappa shape index (κ2) is 7.70. The van der Waals surface area contributed by atoms with Gasteiger partial charge in [0.25, 0.3) is 0 Å². The minimum Gasteiger partial charge on any atom is -0.454 e. The van der Waals surface area contributed by atoms with Gasteiger partial charge in [-0.25, -0.2) is 15.0 Å². The van der Waals surface area contributed by atoms with Crippen molar-refractivity contribution in [3.8, 4) is 11.5 Å². The van der Waals surface area contributed by atoms with Gasteiger partial charge in [0.1, 0.15) is 5.69 Å². The molecule has 0 bridgehead atoms. The minimum absolute atomic E-state index is 0.0725. The molecular formula is C21H18ClN5O2S. The zero-order valence-electron chi connectivity index (χ0n) is 16.1. The molecule has 1 unspecified atom stereocenters. The van der Waals surface area contributed by atoms with Crippen LogP contribution in [-0.4, -0.2) is 28.7 Å². The Morgan fingerprint density at radius 3 is 2.70 bits per heavy atom. The van der Waals surface area contributed by atoms with Gasteiger partial charge in [0.15, 0.2) is 28.3 Å². The Morgan fingerprint density at radius 1 is 1.10 bits per heavy atom. The maximum absolute atomic E-state index is 6.25. The van der Waals surface area contributed by atoms with Gasteiger partial charge >= 0.3 is 0 Å². The highest BCUT2D eigenvalue weighted by atomic mass is 35.5. The van der Waals surface area contributed by atoms with Crippen molar-refractivity contribution in [1.82, 2.24) is 9.97 Å². The van der Waals surface area contributed by atoms with Gasteiger partial charge in [0, 0.05) is 11.4 Å². The average Bonchev–Trinajstić information content (AvgIpc) is 3.13. The Morgan fingerprint density at radius 2 is 1.90 bits per heavy atom. The largest absolute Gasteiger partial charge is 0.454 e. The van der Waals surface area contributed by atoms with Gasteiger partial charge in [-0.05, 0) is 47.7 Å². The molecule has 1 atom stereocenters. The Kier molecular flexibility index (Phi) is 4.88. The lowest BCUT2D eigenvalue weighted by molar-refractivity contribution is 0.174. The van der Waals surface area contributed by atoms with Crippen LogP contribution in [0.3, 0.4) is 0 Å². The molecule has 0 spiro atoms. The number of aliphatic imine (C=N–C) groups is 1. The first kappa shape index (κ1) is 19.0. The maximum Gasteiger partial charge on any atom is 0.231 e. The summed E-state index contributed by atoms with van der Waals surface area (Å²) in [4.78, 5) is 13.9. The van der Waals surface area contributed by atoms with Crippen LogP contribution in [0.15, 0.2) is 52.6 Å². The molecule has 2 aliphatic heterocycles. The lowest BCUT2D eigenvalue weighted by Crippen LogP contribution is -2.15. The Balaban J connectivity index is 1.63. The molecule has 5 rings (SSSR count). The number of ether oxygens (including phenoxy) is 2. The highest BCUT2D eigenvalue weighted by molar-refractivity contribution is 7.98. The van der Waals surface area contributed by atoms with Crippen molar-refractivity contribution in [2.75, 3.05) is 24.1 Å². The van der Waals surface area contributed by atoms with E-state index in [1.807, 2.05) is 48.7 Å². The van der Waals surface area contributed by atoms with Gasteiger partial charge in [-0.15, -0.1) is 0 Å². The summed E-state index contributed by atoms with van der Waals surface area (Å²) in [5, 5.41) is 4.79. The summed E-state index contributed by atoms with van der Waals surface area (Å²) in [6.45, 7) is 0.224. The summed E-state index contributed by atoms with van der Waals surface area (Å²) in [6.07, 6.45) is 2.53. The molecule has 0 aliphatic carbocycles. The zero-order valence-corrected chi connectivity index (χ0v) is 17.6. The van der Waals surface area contributed by atoms with E-state index in [0.29, 0.717) is 39.7 Å². The SMILES string of the molecule is CSc1nc(N)c2c(n1)NC(c1ccc(Cl)cc1)CC(c1ccc3c(c1)OCO3)=N2. The quantitative estimate of drug-likeness (QED) is 0.445. The fraction of sp³-hybridized carbons (Fsp3) is 0.190. The molecular weight excluding hydrogens is 422 g/mol. The van der Waals surface area contributed by atoms with E-state index in [1.54, 1.807) is 0 Å². The van der Waals surface area contributed by atoms with E-state index in [0.717, 1.165) is 22.6 Å². The van der Waals surface area contributed by atoms with Crippen LogP contribution >= 0.6 is 23.4 Å². The summed E-state index contributed by atoms with van der Waals surface area (Å²) in [7, 11) is 0. The van der Waals surface area contributed by atoms with Gasteiger partial charge in [-0.1, -0.05) is 35.5 Å². The monoisotopic (exact) mass is 439 g/mol. The number of nitrogen functional groups attached to an aromatic ring is 1. The third-order valence-corrected chi connectivity index (χ3v) is 5.81. The number of nitrogens with one attached hydrogen (secondary N) is 1. The number of benzene rings is 2. The molecule has 3 aromatic rings. The molecule has 0 fully saturated rings. The second-order valence-corrected chi connectivity index (χ2v) is 8.08. The number of thioether (sulfide) groups is 1. The lowest BCUT2D eigenvalue weighted by atomic mass is 9.97. The van der Waals surface area contributed by atoms with Gasteiger partial charge in [-0.2, -0.15) is 0 Å². The van der Waals surface area contributed by atoms with Crippen molar-refractivity contribution in [3.05, 3.63) is 58.6 Å². The number of nitrogens with two attached hydrogens (primary N) is 1. The molecule has 9 heteroatoms. The Bertz CT molecular complexity index is 1150. The van der Waals surface area contributed by atoms with Crippen molar-refractivity contribution in [1.29, 1.82) is 0 Å². The number of rotatable bonds is 3. The molecule has 1 aromatic heterocycles.